The number of amides is 1. The summed E-state index contributed by atoms with van der Waals surface area (Å²) in [6, 6.07) is -0.405. The molecule has 0 spiro atoms. The van der Waals surface area contributed by atoms with E-state index < -0.39 is 6.04 Å². The highest BCUT2D eigenvalue weighted by atomic mass is 32.1. The van der Waals surface area contributed by atoms with Crippen LogP contribution in [0.2, 0.25) is 0 Å². The molecule has 0 saturated carbocycles. The average molecular weight is 255 g/mol. The fourth-order valence-electron chi connectivity index (χ4n) is 1.44. The number of aryl methyl sites for hydroxylation is 1. The van der Waals surface area contributed by atoms with E-state index in [9.17, 15) is 4.79 Å². The van der Waals surface area contributed by atoms with Crippen LogP contribution in [0.4, 0.5) is 0 Å². The predicted octanol–water partition coefficient (Wildman–Crippen LogP) is 1.48. The molecule has 96 valence electrons. The minimum absolute atomic E-state index is 0.0624. The van der Waals surface area contributed by atoms with E-state index in [0.717, 1.165) is 23.5 Å². The van der Waals surface area contributed by atoms with Crippen molar-refractivity contribution in [3.63, 3.8) is 0 Å². The Balaban J connectivity index is 2.29. The number of hydrogen-bond donors (Lipinski definition) is 2. The van der Waals surface area contributed by atoms with Crippen molar-refractivity contribution in [1.29, 1.82) is 0 Å². The molecule has 0 radical (unpaired) electrons. The third-order valence-corrected chi connectivity index (χ3v) is 3.89. The number of nitrogens with two attached hydrogens (primary N) is 1. The number of carbonyl (C=O) groups excluding carboxylic acids is 1. The van der Waals surface area contributed by atoms with Crippen LogP contribution < -0.4 is 11.1 Å². The zero-order valence-corrected chi connectivity index (χ0v) is 11.5. The van der Waals surface area contributed by atoms with Crippen LogP contribution in [0.1, 0.15) is 31.0 Å². The summed E-state index contributed by atoms with van der Waals surface area (Å²) in [5.74, 6) is 0.157. The van der Waals surface area contributed by atoms with E-state index in [-0.39, 0.29) is 11.8 Å². The lowest BCUT2D eigenvalue weighted by Crippen LogP contribution is -2.45. The first kappa shape index (κ1) is 14.1. The van der Waals surface area contributed by atoms with Crippen LogP contribution in [-0.2, 0) is 11.2 Å². The summed E-state index contributed by atoms with van der Waals surface area (Å²) in [6.45, 7) is 6.61. The molecule has 1 heterocycles. The highest BCUT2D eigenvalue weighted by molar-refractivity contribution is 7.09. The van der Waals surface area contributed by atoms with Crippen LogP contribution in [0.15, 0.2) is 5.38 Å². The van der Waals surface area contributed by atoms with Crippen LogP contribution in [0, 0.1) is 12.8 Å². The highest BCUT2D eigenvalue weighted by Gasteiger charge is 2.18. The van der Waals surface area contributed by atoms with Crippen LogP contribution >= 0.6 is 11.3 Å². The van der Waals surface area contributed by atoms with Gasteiger partial charge in [0.2, 0.25) is 5.91 Å². The summed E-state index contributed by atoms with van der Waals surface area (Å²) in [6.07, 6.45) is 1.69. The second kappa shape index (κ2) is 6.71. The van der Waals surface area contributed by atoms with Gasteiger partial charge in [-0.1, -0.05) is 20.3 Å². The average Bonchev–Trinajstić information content (AvgIpc) is 2.72. The van der Waals surface area contributed by atoms with Crippen molar-refractivity contribution >= 4 is 17.2 Å². The summed E-state index contributed by atoms with van der Waals surface area (Å²) in [7, 11) is 0. The molecule has 0 aliphatic rings. The molecule has 4 nitrogen and oxygen atoms in total. The lowest BCUT2D eigenvalue weighted by Gasteiger charge is -2.17. The van der Waals surface area contributed by atoms with E-state index in [1.165, 1.54) is 0 Å². The zero-order chi connectivity index (χ0) is 12.8. The largest absolute Gasteiger partial charge is 0.354 e. The number of carbonyl (C=O) groups is 1. The van der Waals surface area contributed by atoms with Gasteiger partial charge in [-0.3, -0.25) is 4.79 Å². The van der Waals surface area contributed by atoms with Gasteiger partial charge in [0.1, 0.15) is 0 Å². The molecule has 1 aromatic rings. The maximum absolute atomic E-state index is 11.7. The maximum Gasteiger partial charge on any atom is 0.237 e. The Morgan fingerprint density at radius 3 is 2.88 bits per heavy atom. The Kier molecular flexibility index (Phi) is 5.58. The summed E-state index contributed by atoms with van der Waals surface area (Å²) in [5, 5.41) is 5.93. The molecular weight excluding hydrogens is 234 g/mol. The van der Waals surface area contributed by atoms with E-state index in [2.05, 4.69) is 10.3 Å². The predicted molar refractivity (Wildman–Crippen MR) is 71.0 cm³/mol. The number of hydrogen-bond acceptors (Lipinski definition) is 4. The number of nitrogens with zero attached hydrogens (tertiary/aromatic N) is 1. The van der Waals surface area contributed by atoms with E-state index in [4.69, 9.17) is 5.73 Å². The Hall–Kier alpha value is -0.940. The molecule has 0 aliphatic heterocycles. The van der Waals surface area contributed by atoms with Gasteiger partial charge in [0.25, 0.3) is 0 Å². The molecule has 3 N–H and O–H groups in total. The van der Waals surface area contributed by atoms with Gasteiger partial charge in [-0.25, -0.2) is 4.98 Å². The summed E-state index contributed by atoms with van der Waals surface area (Å²) >= 11 is 1.63. The molecular formula is C12H21N3OS. The fourth-order valence-corrected chi connectivity index (χ4v) is 2.22. The molecule has 2 unspecified atom stereocenters. The Morgan fingerprint density at radius 1 is 1.65 bits per heavy atom. The maximum atomic E-state index is 11.7. The zero-order valence-electron chi connectivity index (χ0n) is 10.7. The second-order valence-electron chi connectivity index (χ2n) is 4.33. The molecule has 1 rings (SSSR count). The van der Waals surface area contributed by atoms with Gasteiger partial charge in [-0.15, -0.1) is 11.3 Å². The molecule has 1 amide bonds. The van der Waals surface area contributed by atoms with Crippen molar-refractivity contribution in [1.82, 2.24) is 10.3 Å². The monoisotopic (exact) mass is 255 g/mol. The van der Waals surface area contributed by atoms with Gasteiger partial charge >= 0.3 is 0 Å². The number of nitrogens with one attached hydrogen (secondary N) is 1. The van der Waals surface area contributed by atoms with Crippen molar-refractivity contribution in [3.05, 3.63) is 16.1 Å². The van der Waals surface area contributed by atoms with E-state index in [1.54, 1.807) is 11.3 Å². The second-order valence-corrected chi connectivity index (χ2v) is 5.28. The lowest BCUT2D eigenvalue weighted by molar-refractivity contribution is -0.123. The van der Waals surface area contributed by atoms with Gasteiger partial charge in [0, 0.05) is 24.0 Å². The molecule has 0 fully saturated rings. The third-order valence-electron chi connectivity index (χ3n) is 2.86. The molecule has 1 aromatic heterocycles. The standard InChI is InChI=1S/C12H21N3OS/c1-4-8(2)11(13)12(16)14-6-5-10-15-9(3)7-17-10/h7-8,11H,4-6,13H2,1-3H3,(H,14,16). The Morgan fingerprint density at radius 2 is 2.35 bits per heavy atom. The van der Waals surface area contributed by atoms with Crippen molar-refractivity contribution in [2.75, 3.05) is 6.54 Å². The van der Waals surface area contributed by atoms with Gasteiger partial charge in [-0.2, -0.15) is 0 Å². The normalized spacial score (nSPS) is 14.4. The molecule has 0 aromatic carbocycles. The summed E-state index contributed by atoms with van der Waals surface area (Å²) in [4.78, 5) is 16.0. The highest BCUT2D eigenvalue weighted by Crippen LogP contribution is 2.09. The Bertz CT molecular complexity index is 364. The van der Waals surface area contributed by atoms with E-state index >= 15 is 0 Å². The lowest BCUT2D eigenvalue weighted by atomic mass is 9.99. The van der Waals surface area contributed by atoms with Crippen LogP contribution in [-0.4, -0.2) is 23.5 Å². The molecule has 0 bridgehead atoms. The van der Waals surface area contributed by atoms with Gasteiger partial charge < -0.3 is 11.1 Å². The first-order valence-corrected chi connectivity index (χ1v) is 6.86. The van der Waals surface area contributed by atoms with Crippen LogP contribution in [0.25, 0.3) is 0 Å². The number of aromatic nitrogens is 1. The van der Waals surface area contributed by atoms with Gasteiger partial charge in [0.05, 0.1) is 11.0 Å². The summed E-state index contributed by atoms with van der Waals surface area (Å²) < 4.78 is 0. The fraction of sp³-hybridized carbons (Fsp3) is 0.667. The SMILES string of the molecule is CCC(C)C(N)C(=O)NCCc1nc(C)cs1. The molecule has 0 saturated heterocycles. The van der Waals surface area contributed by atoms with Crippen molar-refractivity contribution < 1.29 is 4.79 Å². The Labute approximate surface area is 107 Å². The van der Waals surface area contributed by atoms with Crippen molar-refractivity contribution in [3.8, 4) is 0 Å². The summed E-state index contributed by atoms with van der Waals surface area (Å²) in [5.41, 5.74) is 6.86. The van der Waals surface area contributed by atoms with Crippen molar-refractivity contribution in [2.45, 2.75) is 39.7 Å². The number of rotatable bonds is 6. The minimum Gasteiger partial charge on any atom is -0.354 e. The van der Waals surface area contributed by atoms with Crippen LogP contribution in [0.3, 0.4) is 0 Å². The van der Waals surface area contributed by atoms with Crippen LogP contribution in [0.5, 0.6) is 0 Å². The molecule has 0 aliphatic carbocycles. The van der Waals surface area contributed by atoms with Crippen molar-refractivity contribution in [2.24, 2.45) is 11.7 Å². The molecule has 2 atom stereocenters. The minimum atomic E-state index is -0.405. The van der Waals surface area contributed by atoms with Gasteiger partial charge in [0.15, 0.2) is 0 Å². The van der Waals surface area contributed by atoms with E-state index in [1.807, 2.05) is 26.2 Å². The van der Waals surface area contributed by atoms with E-state index in [0.29, 0.717) is 6.54 Å². The topological polar surface area (TPSA) is 68.0 Å². The molecule has 5 heteroatoms. The first-order chi connectivity index (χ1) is 8.04. The first-order valence-electron chi connectivity index (χ1n) is 5.98. The molecule has 17 heavy (non-hydrogen) atoms. The third kappa shape index (κ3) is 4.44. The quantitative estimate of drug-likeness (QED) is 0.809. The van der Waals surface area contributed by atoms with Gasteiger partial charge in [-0.05, 0) is 12.8 Å². The number of thiazole rings is 1. The smallest absolute Gasteiger partial charge is 0.237 e.